The van der Waals surface area contributed by atoms with Crippen LogP contribution in [-0.4, -0.2) is 23.3 Å². The monoisotopic (exact) mass is 230 g/mol. The van der Waals surface area contributed by atoms with Crippen LogP contribution in [0.4, 0.5) is 0 Å². The zero-order valence-corrected chi connectivity index (χ0v) is 9.98. The molecule has 1 aliphatic heterocycles. The molecule has 0 saturated carbocycles. The second-order valence-electron chi connectivity index (χ2n) is 4.21. The number of fused-ring (bicyclic) bond motifs is 1. The first-order chi connectivity index (χ1) is 8.25. The summed E-state index contributed by atoms with van der Waals surface area (Å²) in [5, 5.41) is 0. The van der Waals surface area contributed by atoms with Crippen molar-refractivity contribution in [2.24, 2.45) is 0 Å². The van der Waals surface area contributed by atoms with Crippen LogP contribution in [0, 0.1) is 6.42 Å². The van der Waals surface area contributed by atoms with Crippen LogP contribution in [0.2, 0.25) is 0 Å². The summed E-state index contributed by atoms with van der Waals surface area (Å²) in [6.07, 6.45) is 5.02. The highest BCUT2D eigenvalue weighted by Crippen LogP contribution is 2.22. The van der Waals surface area contributed by atoms with E-state index < -0.39 is 0 Å². The number of rotatable bonds is 5. The molecule has 0 unspecified atom stereocenters. The van der Waals surface area contributed by atoms with Crippen molar-refractivity contribution in [1.29, 1.82) is 0 Å². The van der Waals surface area contributed by atoms with Crippen LogP contribution in [0.15, 0.2) is 24.3 Å². The van der Waals surface area contributed by atoms with Gasteiger partial charge in [0.2, 0.25) is 0 Å². The van der Waals surface area contributed by atoms with Gasteiger partial charge < -0.3 is 0 Å². The highest BCUT2D eigenvalue weighted by atomic mass is 16.2. The lowest BCUT2D eigenvalue weighted by atomic mass is 10.1. The SMILES string of the molecule is C[CH]CCCCN1C(=O)c2ccccc2C1=O. The van der Waals surface area contributed by atoms with Crippen molar-refractivity contribution in [3.63, 3.8) is 0 Å². The number of hydrogen-bond donors (Lipinski definition) is 0. The second kappa shape index (κ2) is 5.13. The normalized spacial score (nSPS) is 14.3. The van der Waals surface area contributed by atoms with Crippen LogP contribution in [0.25, 0.3) is 0 Å². The van der Waals surface area contributed by atoms with Gasteiger partial charge in [-0.3, -0.25) is 14.5 Å². The maximum atomic E-state index is 12.0. The molecule has 0 atom stereocenters. The Balaban J connectivity index is 2.03. The first-order valence-corrected chi connectivity index (χ1v) is 5.98. The summed E-state index contributed by atoms with van der Waals surface area (Å²) in [7, 11) is 0. The molecule has 1 aromatic carbocycles. The van der Waals surface area contributed by atoms with Crippen molar-refractivity contribution in [1.82, 2.24) is 4.90 Å². The Morgan fingerprint density at radius 2 is 1.65 bits per heavy atom. The quantitative estimate of drug-likeness (QED) is 0.576. The van der Waals surface area contributed by atoms with Gasteiger partial charge in [0.1, 0.15) is 0 Å². The van der Waals surface area contributed by atoms with Crippen LogP contribution >= 0.6 is 0 Å². The number of unbranched alkanes of at least 4 members (excludes halogenated alkanes) is 3. The first kappa shape index (κ1) is 11.8. The highest BCUT2D eigenvalue weighted by Gasteiger charge is 2.34. The molecule has 17 heavy (non-hydrogen) atoms. The predicted molar refractivity (Wildman–Crippen MR) is 65.6 cm³/mol. The van der Waals surface area contributed by atoms with Crippen LogP contribution in [0.1, 0.15) is 46.9 Å². The van der Waals surface area contributed by atoms with Gasteiger partial charge in [-0.2, -0.15) is 0 Å². The van der Waals surface area contributed by atoms with E-state index in [9.17, 15) is 9.59 Å². The molecule has 0 saturated heterocycles. The summed E-state index contributed by atoms with van der Waals surface area (Å²) >= 11 is 0. The second-order valence-corrected chi connectivity index (χ2v) is 4.21. The third kappa shape index (κ3) is 2.23. The molecule has 2 amide bonds. The van der Waals surface area contributed by atoms with E-state index in [2.05, 4.69) is 6.42 Å². The Hall–Kier alpha value is -1.64. The topological polar surface area (TPSA) is 37.4 Å². The molecule has 0 spiro atoms. The zero-order valence-electron chi connectivity index (χ0n) is 9.98. The molecule has 0 fully saturated rings. The fraction of sp³-hybridized carbons (Fsp3) is 0.357. The van der Waals surface area contributed by atoms with Gasteiger partial charge in [0, 0.05) is 6.54 Å². The highest BCUT2D eigenvalue weighted by molar-refractivity contribution is 6.21. The summed E-state index contributed by atoms with van der Waals surface area (Å²) in [6, 6.07) is 7.02. The van der Waals surface area contributed by atoms with Gasteiger partial charge in [-0.1, -0.05) is 31.9 Å². The first-order valence-electron chi connectivity index (χ1n) is 5.98. The standard InChI is InChI=1S/C14H16NO2/c1-2-3-4-7-10-15-13(16)11-8-5-6-9-12(11)14(15)17/h2,5-6,8-9H,3-4,7,10H2,1H3. The van der Waals surface area contributed by atoms with Crippen molar-refractivity contribution in [3.05, 3.63) is 41.8 Å². The molecule has 0 bridgehead atoms. The smallest absolute Gasteiger partial charge is 0.261 e. The molecule has 0 aliphatic carbocycles. The number of amides is 2. The zero-order chi connectivity index (χ0) is 12.3. The fourth-order valence-electron chi connectivity index (χ4n) is 2.06. The Morgan fingerprint density at radius 1 is 1.06 bits per heavy atom. The Kier molecular flexibility index (Phi) is 3.57. The molecular weight excluding hydrogens is 214 g/mol. The van der Waals surface area contributed by atoms with E-state index in [4.69, 9.17) is 0 Å². The van der Waals surface area contributed by atoms with Crippen molar-refractivity contribution in [2.75, 3.05) is 6.54 Å². The number of benzene rings is 1. The van der Waals surface area contributed by atoms with E-state index in [1.54, 1.807) is 24.3 Å². The molecule has 89 valence electrons. The molecule has 0 aromatic heterocycles. The summed E-state index contributed by atoms with van der Waals surface area (Å²) in [5.41, 5.74) is 1.08. The van der Waals surface area contributed by atoms with E-state index in [-0.39, 0.29) is 11.8 Å². The summed E-state index contributed by atoms with van der Waals surface area (Å²) in [4.78, 5) is 25.3. The average Bonchev–Trinajstić information content (AvgIpc) is 2.60. The van der Waals surface area contributed by atoms with Crippen molar-refractivity contribution in [2.45, 2.75) is 26.2 Å². The summed E-state index contributed by atoms with van der Waals surface area (Å²) < 4.78 is 0. The largest absolute Gasteiger partial charge is 0.274 e. The van der Waals surface area contributed by atoms with Crippen LogP contribution in [-0.2, 0) is 0 Å². The minimum absolute atomic E-state index is 0.147. The van der Waals surface area contributed by atoms with Gasteiger partial charge in [0.15, 0.2) is 0 Å². The van der Waals surface area contributed by atoms with E-state index in [1.807, 2.05) is 6.92 Å². The van der Waals surface area contributed by atoms with Gasteiger partial charge in [0.05, 0.1) is 11.1 Å². The maximum Gasteiger partial charge on any atom is 0.261 e. The van der Waals surface area contributed by atoms with E-state index in [0.717, 1.165) is 19.3 Å². The Labute approximate surface area is 101 Å². The van der Waals surface area contributed by atoms with Crippen molar-refractivity contribution < 1.29 is 9.59 Å². The number of hydrogen-bond acceptors (Lipinski definition) is 2. The minimum Gasteiger partial charge on any atom is -0.274 e. The van der Waals surface area contributed by atoms with E-state index in [1.165, 1.54) is 4.90 Å². The molecule has 3 heteroatoms. The lowest BCUT2D eigenvalue weighted by Gasteiger charge is -2.13. The molecule has 3 nitrogen and oxygen atoms in total. The summed E-state index contributed by atoms with van der Waals surface area (Å²) in [5.74, 6) is -0.294. The van der Waals surface area contributed by atoms with Crippen molar-refractivity contribution in [3.8, 4) is 0 Å². The van der Waals surface area contributed by atoms with Gasteiger partial charge in [-0.25, -0.2) is 0 Å². The molecule has 0 N–H and O–H groups in total. The maximum absolute atomic E-state index is 12.0. The third-order valence-electron chi connectivity index (χ3n) is 3.00. The van der Waals surface area contributed by atoms with E-state index >= 15 is 0 Å². The minimum atomic E-state index is -0.147. The number of carbonyl (C=O) groups is 2. The summed E-state index contributed by atoms with van der Waals surface area (Å²) in [6.45, 7) is 2.54. The predicted octanol–water partition coefficient (Wildman–Crippen LogP) is 2.68. The number of carbonyl (C=O) groups excluding carboxylic acids is 2. The molecule has 2 rings (SSSR count). The lowest BCUT2D eigenvalue weighted by Crippen LogP contribution is -2.30. The Bertz CT molecular complexity index is 405. The number of imide groups is 1. The van der Waals surface area contributed by atoms with Crippen LogP contribution in [0.5, 0.6) is 0 Å². The number of nitrogens with zero attached hydrogens (tertiary/aromatic N) is 1. The molecule has 1 aliphatic rings. The molecule has 1 heterocycles. The van der Waals surface area contributed by atoms with E-state index in [0.29, 0.717) is 17.7 Å². The van der Waals surface area contributed by atoms with Gasteiger partial charge in [0.25, 0.3) is 11.8 Å². The van der Waals surface area contributed by atoms with Gasteiger partial charge in [-0.05, 0) is 25.0 Å². The third-order valence-corrected chi connectivity index (χ3v) is 3.00. The fourth-order valence-corrected chi connectivity index (χ4v) is 2.06. The van der Waals surface area contributed by atoms with Crippen molar-refractivity contribution >= 4 is 11.8 Å². The van der Waals surface area contributed by atoms with Gasteiger partial charge >= 0.3 is 0 Å². The molecule has 1 radical (unpaired) electrons. The lowest BCUT2D eigenvalue weighted by molar-refractivity contribution is 0.0652. The molecular formula is C14H16NO2. The van der Waals surface area contributed by atoms with Crippen LogP contribution < -0.4 is 0 Å². The van der Waals surface area contributed by atoms with Crippen LogP contribution in [0.3, 0.4) is 0 Å². The molecule has 1 aromatic rings. The Morgan fingerprint density at radius 3 is 2.18 bits per heavy atom. The average molecular weight is 230 g/mol. The van der Waals surface area contributed by atoms with Gasteiger partial charge in [-0.15, -0.1) is 0 Å².